The second kappa shape index (κ2) is 7.77. The smallest absolute Gasteiger partial charge is 0.244 e. The zero-order valence-corrected chi connectivity index (χ0v) is 14.4. The Balaban J connectivity index is 2.78. The lowest BCUT2D eigenvalue weighted by Gasteiger charge is -2.24. The van der Waals surface area contributed by atoms with Gasteiger partial charge in [0, 0.05) is 33.2 Å². The van der Waals surface area contributed by atoms with Gasteiger partial charge in [0.25, 0.3) is 0 Å². The molecule has 0 aliphatic rings. The zero-order chi connectivity index (χ0) is 16.0. The average Bonchev–Trinajstić information content (AvgIpc) is 2.46. The standard InChI is InChI=1S/C15H27N3O2S/c1-6-13(2)18(5)12-11-16-14-9-7-8-10-15(14)21(19,20)17(3)4/h7-10,13,16H,6,11-12H2,1-5H3. The van der Waals surface area contributed by atoms with Crippen molar-refractivity contribution < 1.29 is 8.42 Å². The van der Waals surface area contributed by atoms with Gasteiger partial charge < -0.3 is 10.2 Å². The quantitative estimate of drug-likeness (QED) is 0.798. The Morgan fingerprint density at radius 3 is 2.38 bits per heavy atom. The number of sulfonamides is 1. The van der Waals surface area contributed by atoms with Crippen molar-refractivity contribution >= 4 is 15.7 Å². The third-order valence-corrected chi connectivity index (χ3v) is 5.64. The number of nitrogens with one attached hydrogen (secondary N) is 1. The Morgan fingerprint density at radius 1 is 1.19 bits per heavy atom. The van der Waals surface area contributed by atoms with Crippen LogP contribution < -0.4 is 5.32 Å². The predicted molar refractivity (Wildman–Crippen MR) is 88.2 cm³/mol. The first kappa shape index (κ1) is 17.9. The molecule has 0 saturated carbocycles. The van der Waals surface area contributed by atoms with Crippen molar-refractivity contribution in [2.45, 2.75) is 31.2 Å². The van der Waals surface area contributed by atoms with Crippen LogP contribution in [-0.4, -0.2) is 57.9 Å². The minimum atomic E-state index is -3.42. The van der Waals surface area contributed by atoms with E-state index in [4.69, 9.17) is 0 Å². The number of rotatable bonds is 8. The molecule has 6 heteroatoms. The van der Waals surface area contributed by atoms with E-state index in [0.29, 0.717) is 23.2 Å². The van der Waals surface area contributed by atoms with Crippen LogP contribution in [0.15, 0.2) is 29.2 Å². The maximum absolute atomic E-state index is 12.3. The summed E-state index contributed by atoms with van der Waals surface area (Å²) in [4.78, 5) is 2.58. The molecular weight excluding hydrogens is 286 g/mol. The van der Waals surface area contributed by atoms with Gasteiger partial charge >= 0.3 is 0 Å². The number of benzene rings is 1. The molecule has 21 heavy (non-hydrogen) atoms. The summed E-state index contributed by atoms with van der Waals surface area (Å²) in [5, 5.41) is 3.24. The molecule has 1 aromatic carbocycles. The minimum absolute atomic E-state index is 0.321. The Bertz CT molecular complexity index is 544. The van der Waals surface area contributed by atoms with Gasteiger partial charge in [-0.2, -0.15) is 0 Å². The van der Waals surface area contributed by atoms with Crippen LogP contribution in [-0.2, 0) is 10.0 Å². The SMILES string of the molecule is CCC(C)N(C)CCNc1ccccc1S(=O)(=O)N(C)C. The second-order valence-corrected chi connectivity index (χ2v) is 7.57. The molecule has 0 aliphatic carbocycles. The highest BCUT2D eigenvalue weighted by molar-refractivity contribution is 7.89. The lowest BCUT2D eigenvalue weighted by atomic mass is 10.2. The zero-order valence-electron chi connectivity index (χ0n) is 13.6. The van der Waals surface area contributed by atoms with E-state index in [-0.39, 0.29) is 0 Å². The third-order valence-electron chi connectivity index (χ3n) is 3.77. The maximum atomic E-state index is 12.3. The van der Waals surface area contributed by atoms with Crippen molar-refractivity contribution in [3.8, 4) is 0 Å². The first-order valence-corrected chi connectivity index (χ1v) is 8.70. The summed E-state index contributed by atoms with van der Waals surface area (Å²) in [7, 11) is 1.75. The highest BCUT2D eigenvalue weighted by atomic mass is 32.2. The Labute approximate surface area is 129 Å². The fraction of sp³-hybridized carbons (Fsp3) is 0.600. The van der Waals surface area contributed by atoms with E-state index in [1.807, 2.05) is 6.07 Å². The first-order chi connectivity index (χ1) is 9.80. The largest absolute Gasteiger partial charge is 0.383 e. The van der Waals surface area contributed by atoms with E-state index < -0.39 is 10.0 Å². The first-order valence-electron chi connectivity index (χ1n) is 7.26. The highest BCUT2D eigenvalue weighted by Crippen LogP contribution is 2.22. The summed E-state index contributed by atoms with van der Waals surface area (Å²) in [6, 6.07) is 7.55. The number of nitrogens with zero attached hydrogens (tertiary/aromatic N) is 2. The van der Waals surface area contributed by atoms with Crippen LogP contribution in [0.1, 0.15) is 20.3 Å². The lowest BCUT2D eigenvalue weighted by molar-refractivity contribution is 0.261. The number of para-hydroxylation sites is 1. The molecule has 0 aromatic heterocycles. The predicted octanol–water partition coefficient (Wildman–Crippen LogP) is 2.08. The van der Waals surface area contributed by atoms with Crippen LogP contribution in [0.4, 0.5) is 5.69 Å². The fourth-order valence-electron chi connectivity index (χ4n) is 1.93. The molecule has 1 atom stereocenters. The van der Waals surface area contributed by atoms with E-state index in [1.54, 1.807) is 32.3 Å². The minimum Gasteiger partial charge on any atom is -0.383 e. The molecule has 0 fully saturated rings. The summed E-state index contributed by atoms with van der Waals surface area (Å²) in [6.07, 6.45) is 1.10. The van der Waals surface area contributed by atoms with Crippen LogP contribution in [0.25, 0.3) is 0 Å². The van der Waals surface area contributed by atoms with E-state index >= 15 is 0 Å². The van der Waals surface area contributed by atoms with Crippen LogP contribution in [0, 0.1) is 0 Å². The topological polar surface area (TPSA) is 52.7 Å². The summed E-state index contributed by atoms with van der Waals surface area (Å²) in [5.74, 6) is 0. The van der Waals surface area contributed by atoms with Gasteiger partial charge in [0.05, 0.1) is 5.69 Å². The molecule has 0 amide bonds. The maximum Gasteiger partial charge on any atom is 0.244 e. The van der Waals surface area contributed by atoms with Crippen molar-refractivity contribution in [3.05, 3.63) is 24.3 Å². The Kier molecular flexibility index (Phi) is 6.64. The van der Waals surface area contributed by atoms with Crippen molar-refractivity contribution in [3.63, 3.8) is 0 Å². The van der Waals surface area contributed by atoms with Gasteiger partial charge in [-0.15, -0.1) is 0 Å². The Hall–Kier alpha value is -1.11. The van der Waals surface area contributed by atoms with E-state index in [2.05, 4.69) is 31.1 Å². The van der Waals surface area contributed by atoms with Gasteiger partial charge in [0.1, 0.15) is 4.90 Å². The molecule has 120 valence electrons. The molecule has 0 aliphatic heterocycles. The van der Waals surface area contributed by atoms with Gasteiger partial charge in [0.15, 0.2) is 0 Å². The Morgan fingerprint density at radius 2 is 1.81 bits per heavy atom. The molecule has 1 aromatic rings. The van der Waals surface area contributed by atoms with Crippen LogP contribution in [0.3, 0.4) is 0 Å². The summed E-state index contributed by atoms with van der Waals surface area (Å²) in [5.41, 5.74) is 0.656. The van der Waals surface area contributed by atoms with Crippen molar-refractivity contribution in [2.24, 2.45) is 0 Å². The summed E-state index contributed by atoms with van der Waals surface area (Å²) < 4.78 is 25.8. The normalized spacial score (nSPS) is 13.7. The molecule has 0 saturated heterocycles. The second-order valence-electron chi connectivity index (χ2n) is 5.45. The van der Waals surface area contributed by atoms with Crippen LogP contribution >= 0.6 is 0 Å². The van der Waals surface area contributed by atoms with Crippen molar-refractivity contribution in [1.82, 2.24) is 9.21 Å². The van der Waals surface area contributed by atoms with Gasteiger partial charge in [-0.1, -0.05) is 19.1 Å². The molecule has 5 nitrogen and oxygen atoms in total. The molecule has 1 unspecified atom stereocenters. The van der Waals surface area contributed by atoms with E-state index in [0.717, 1.165) is 13.0 Å². The lowest BCUT2D eigenvalue weighted by Crippen LogP contribution is -2.33. The highest BCUT2D eigenvalue weighted by Gasteiger charge is 2.20. The molecule has 1 N–H and O–H groups in total. The molecule has 1 rings (SSSR count). The van der Waals surface area contributed by atoms with Gasteiger partial charge in [-0.25, -0.2) is 12.7 Å². The van der Waals surface area contributed by atoms with E-state index in [1.165, 1.54) is 4.31 Å². The summed E-state index contributed by atoms with van der Waals surface area (Å²) >= 11 is 0. The number of likely N-dealkylation sites (N-methyl/N-ethyl adjacent to an activating group) is 1. The third kappa shape index (κ3) is 4.69. The fourth-order valence-corrected chi connectivity index (χ4v) is 3.00. The molecular formula is C15H27N3O2S. The van der Waals surface area contributed by atoms with Gasteiger partial charge in [-0.05, 0) is 32.5 Å². The van der Waals surface area contributed by atoms with Crippen molar-refractivity contribution in [2.75, 3.05) is 39.5 Å². The van der Waals surface area contributed by atoms with Crippen molar-refractivity contribution in [1.29, 1.82) is 0 Å². The van der Waals surface area contributed by atoms with Gasteiger partial charge in [-0.3, -0.25) is 0 Å². The number of hydrogen-bond donors (Lipinski definition) is 1. The monoisotopic (exact) mass is 313 g/mol. The summed E-state index contributed by atoms with van der Waals surface area (Å²) in [6.45, 7) is 5.92. The molecule has 0 radical (unpaired) electrons. The molecule has 0 heterocycles. The van der Waals surface area contributed by atoms with Gasteiger partial charge in [0.2, 0.25) is 10.0 Å². The molecule has 0 bridgehead atoms. The van der Waals surface area contributed by atoms with Crippen LogP contribution in [0.2, 0.25) is 0 Å². The van der Waals surface area contributed by atoms with Crippen LogP contribution in [0.5, 0.6) is 0 Å². The number of hydrogen-bond acceptors (Lipinski definition) is 4. The number of anilines is 1. The molecule has 0 spiro atoms. The average molecular weight is 313 g/mol. The van der Waals surface area contributed by atoms with E-state index in [9.17, 15) is 8.42 Å².